The number of anilines is 1. The van der Waals surface area contributed by atoms with Crippen molar-refractivity contribution in [2.45, 2.75) is 49.8 Å². The number of nitrogens with zero attached hydrogens (tertiary/aromatic N) is 5. The van der Waals surface area contributed by atoms with Crippen LogP contribution in [0.2, 0.25) is 5.15 Å². The fourth-order valence-electron chi connectivity index (χ4n) is 4.50. The van der Waals surface area contributed by atoms with Gasteiger partial charge in [0.1, 0.15) is 11.0 Å². The highest BCUT2D eigenvalue weighted by Gasteiger charge is 2.23. The fraction of sp³-hybridized carbons (Fsp3) is 0.542. The second-order valence-electron chi connectivity index (χ2n) is 8.67. The lowest BCUT2D eigenvalue weighted by molar-refractivity contribution is -0.130. The van der Waals surface area contributed by atoms with Crippen LogP contribution in [0, 0.1) is 0 Å². The Morgan fingerprint density at radius 3 is 2.53 bits per heavy atom. The van der Waals surface area contributed by atoms with Crippen molar-refractivity contribution in [2.24, 2.45) is 0 Å². The predicted molar refractivity (Wildman–Crippen MR) is 131 cm³/mol. The average molecular weight is 474 g/mol. The molecule has 0 N–H and O–H groups in total. The Morgan fingerprint density at radius 1 is 1.09 bits per heavy atom. The molecule has 1 aliphatic carbocycles. The van der Waals surface area contributed by atoms with Gasteiger partial charge in [-0.15, -0.1) is 0 Å². The summed E-state index contributed by atoms with van der Waals surface area (Å²) in [4.78, 5) is 28.4. The average Bonchev–Trinajstić information content (AvgIpc) is 2.83. The maximum atomic E-state index is 12.8. The Balaban J connectivity index is 1.27. The van der Waals surface area contributed by atoms with Gasteiger partial charge in [-0.05, 0) is 18.4 Å². The number of carbonyl (C=O) groups is 1. The Labute approximate surface area is 200 Å². The molecule has 1 saturated carbocycles. The van der Waals surface area contributed by atoms with Crippen molar-refractivity contribution in [1.29, 1.82) is 0 Å². The van der Waals surface area contributed by atoms with Gasteiger partial charge in [-0.2, -0.15) is 0 Å². The summed E-state index contributed by atoms with van der Waals surface area (Å²) in [6.45, 7) is 4.26. The van der Waals surface area contributed by atoms with Gasteiger partial charge in [0.25, 0.3) is 0 Å². The predicted octanol–water partition coefficient (Wildman–Crippen LogP) is 4.34. The molecule has 1 aromatic heterocycles. The van der Waals surface area contributed by atoms with E-state index in [0.29, 0.717) is 22.1 Å². The summed E-state index contributed by atoms with van der Waals surface area (Å²) in [5.74, 6) is 1.33. The van der Waals surface area contributed by atoms with E-state index in [0.717, 1.165) is 38.5 Å². The normalized spacial score (nSPS) is 18.0. The minimum atomic E-state index is 0.139. The Kier molecular flexibility index (Phi) is 8.27. The third-order valence-electron chi connectivity index (χ3n) is 6.44. The molecule has 1 aromatic carbocycles. The maximum Gasteiger partial charge on any atom is 0.233 e. The van der Waals surface area contributed by atoms with Crippen molar-refractivity contribution in [1.82, 2.24) is 19.8 Å². The molecular formula is C24H32ClN5OS. The van der Waals surface area contributed by atoms with Gasteiger partial charge in [-0.1, -0.05) is 73.0 Å². The van der Waals surface area contributed by atoms with Gasteiger partial charge in [0.15, 0.2) is 5.16 Å². The molecule has 2 heterocycles. The molecule has 0 atom stereocenters. The minimum absolute atomic E-state index is 0.139. The van der Waals surface area contributed by atoms with Gasteiger partial charge in [-0.3, -0.25) is 9.69 Å². The van der Waals surface area contributed by atoms with Crippen LogP contribution < -0.4 is 4.90 Å². The second-order valence-corrected chi connectivity index (χ2v) is 10.00. The van der Waals surface area contributed by atoms with Crippen LogP contribution in [0.5, 0.6) is 0 Å². The van der Waals surface area contributed by atoms with Crippen LogP contribution in [0.3, 0.4) is 0 Å². The molecule has 2 aliphatic rings. The molecule has 0 bridgehead atoms. The lowest BCUT2D eigenvalue weighted by Gasteiger charge is -2.34. The number of hydrogen-bond donors (Lipinski definition) is 0. The first-order valence-corrected chi connectivity index (χ1v) is 12.9. The molecule has 1 amide bonds. The van der Waals surface area contributed by atoms with E-state index in [4.69, 9.17) is 16.6 Å². The first-order valence-electron chi connectivity index (χ1n) is 11.5. The molecule has 2 fully saturated rings. The van der Waals surface area contributed by atoms with Crippen LogP contribution in [-0.2, 0) is 11.3 Å². The lowest BCUT2D eigenvalue weighted by Crippen LogP contribution is -2.48. The van der Waals surface area contributed by atoms with E-state index in [2.05, 4.69) is 46.1 Å². The number of piperazine rings is 1. The van der Waals surface area contributed by atoms with E-state index >= 15 is 0 Å². The van der Waals surface area contributed by atoms with Gasteiger partial charge in [-0.25, -0.2) is 9.97 Å². The Morgan fingerprint density at radius 2 is 1.81 bits per heavy atom. The standard InChI is InChI=1S/C24H32ClN5OS/c1-28(20-10-6-3-7-11-20)22-16-21(25)26-24(27-22)32-18-23(31)30-14-12-29(13-15-30)17-19-8-4-2-5-9-19/h2,4-5,8-9,16,20H,3,6-7,10-15,17-18H2,1H3. The summed E-state index contributed by atoms with van der Waals surface area (Å²) in [5, 5.41) is 1.01. The zero-order valence-electron chi connectivity index (χ0n) is 18.8. The topological polar surface area (TPSA) is 52.6 Å². The summed E-state index contributed by atoms with van der Waals surface area (Å²) < 4.78 is 0. The van der Waals surface area contributed by atoms with Crippen LogP contribution in [0.25, 0.3) is 0 Å². The van der Waals surface area contributed by atoms with Crippen LogP contribution in [-0.4, -0.2) is 70.7 Å². The van der Waals surface area contributed by atoms with E-state index < -0.39 is 0 Å². The summed E-state index contributed by atoms with van der Waals surface area (Å²) in [7, 11) is 2.09. The summed E-state index contributed by atoms with van der Waals surface area (Å²) >= 11 is 7.67. The highest BCUT2D eigenvalue weighted by molar-refractivity contribution is 7.99. The largest absolute Gasteiger partial charge is 0.357 e. The molecule has 0 unspecified atom stereocenters. The Bertz CT molecular complexity index is 885. The molecule has 4 rings (SSSR count). The quantitative estimate of drug-likeness (QED) is 0.339. The SMILES string of the molecule is CN(c1cc(Cl)nc(SCC(=O)N2CCN(Cc3ccccc3)CC2)n1)C1CCCCC1. The number of amides is 1. The number of hydrogen-bond acceptors (Lipinski definition) is 6. The minimum Gasteiger partial charge on any atom is -0.357 e. The zero-order chi connectivity index (χ0) is 22.3. The van der Waals surface area contributed by atoms with E-state index in [-0.39, 0.29) is 5.91 Å². The smallest absolute Gasteiger partial charge is 0.233 e. The van der Waals surface area contributed by atoms with Crippen LogP contribution in [0.4, 0.5) is 5.82 Å². The van der Waals surface area contributed by atoms with Crippen molar-refractivity contribution in [3.8, 4) is 0 Å². The van der Waals surface area contributed by atoms with Crippen molar-refractivity contribution >= 4 is 35.1 Å². The molecule has 32 heavy (non-hydrogen) atoms. The molecule has 8 heteroatoms. The van der Waals surface area contributed by atoms with E-state index in [1.54, 1.807) is 0 Å². The molecule has 1 saturated heterocycles. The second kappa shape index (κ2) is 11.3. The van der Waals surface area contributed by atoms with E-state index in [1.165, 1.54) is 49.4 Å². The highest BCUT2D eigenvalue weighted by Crippen LogP contribution is 2.28. The number of benzene rings is 1. The van der Waals surface area contributed by atoms with Crippen LogP contribution in [0.15, 0.2) is 41.6 Å². The third kappa shape index (κ3) is 6.36. The van der Waals surface area contributed by atoms with Crippen molar-refractivity contribution in [3.05, 3.63) is 47.1 Å². The third-order valence-corrected chi connectivity index (χ3v) is 7.47. The monoisotopic (exact) mass is 473 g/mol. The number of aromatic nitrogens is 2. The first kappa shape index (κ1) is 23.3. The van der Waals surface area contributed by atoms with Gasteiger partial charge in [0, 0.05) is 51.9 Å². The number of thioether (sulfide) groups is 1. The molecule has 2 aromatic rings. The van der Waals surface area contributed by atoms with Crippen LogP contribution >= 0.6 is 23.4 Å². The van der Waals surface area contributed by atoms with Crippen molar-refractivity contribution < 1.29 is 4.79 Å². The molecule has 1 aliphatic heterocycles. The molecule has 0 radical (unpaired) electrons. The Hall–Kier alpha value is -1.83. The van der Waals surface area contributed by atoms with E-state index in [9.17, 15) is 4.79 Å². The van der Waals surface area contributed by atoms with Gasteiger partial charge in [0.2, 0.25) is 5.91 Å². The molecule has 172 valence electrons. The van der Waals surface area contributed by atoms with Crippen molar-refractivity contribution in [2.75, 3.05) is 43.9 Å². The summed E-state index contributed by atoms with van der Waals surface area (Å²) in [6, 6.07) is 12.8. The number of rotatable bonds is 7. The van der Waals surface area contributed by atoms with Crippen LogP contribution in [0.1, 0.15) is 37.7 Å². The summed E-state index contributed by atoms with van der Waals surface area (Å²) in [5.41, 5.74) is 1.31. The van der Waals surface area contributed by atoms with Crippen molar-refractivity contribution in [3.63, 3.8) is 0 Å². The first-order chi connectivity index (χ1) is 15.6. The van der Waals surface area contributed by atoms with Gasteiger partial charge < -0.3 is 9.80 Å². The molecule has 0 spiro atoms. The van der Waals surface area contributed by atoms with E-state index in [1.807, 2.05) is 17.0 Å². The zero-order valence-corrected chi connectivity index (χ0v) is 20.3. The lowest BCUT2D eigenvalue weighted by atomic mass is 9.94. The number of carbonyl (C=O) groups excluding carboxylic acids is 1. The maximum absolute atomic E-state index is 12.8. The molecule has 6 nitrogen and oxygen atoms in total. The fourth-order valence-corrected chi connectivity index (χ4v) is 5.48. The molecular weight excluding hydrogens is 442 g/mol. The van der Waals surface area contributed by atoms with Gasteiger partial charge >= 0.3 is 0 Å². The summed E-state index contributed by atoms with van der Waals surface area (Å²) in [6.07, 6.45) is 6.23. The number of halogens is 1. The highest BCUT2D eigenvalue weighted by atomic mass is 35.5. The van der Waals surface area contributed by atoms with Gasteiger partial charge in [0.05, 0.1) is 5.75 Å².